The fourth-order valence-corrected chi connectivity index (χ4v) is 1.68. The Hall–Kier alpha value is -1.84. The van der Waals surface area contributed by atoms with Crippen LogP contribution in [0.1, 0.15) is 39.9 Å². The summed E-state index contributed by atoms with van der Waals surface area (Å²) in [5.74, 6) is 2.45. The van der Waals surface area contributed by atoms with Crippen molar-refractivity contribution in [1.82, 2.24) is 9.97 Å². The van der Waals surface area contributed by atoms with Crippen molar-refractivity contribution < 1.29 is 4.42 Å². The molecule has 2 rings (SSSR count). The third-order valence-electron chi connectivity index (χ3n) is 2.73. The molecule has 0 saturated carbocycles. The fraction of sp³-hybridized carbons (Fsp3) is 0.467. The SMILES string of the molecule is CCCNc1cc(-c2ccco2)nc(C(C)(C)C)n1. The summed E-state index contributed by atoms with van der Waals surface area (Å²) in [4.78, 5) is 9.20. The molecule has 0 aliphatic carbocycles. The van der Waals surface area contributed by atoms with E-state index in [4.69, 9.17) is 4.42 Å². The van der Waals surface area contributed by atoms with Crippen molar-refractivity contribution in [2.24, 2.45) is 0 Å². The van der Waals surface area contributed by atoms with Gasteiger partial charge in [-0.15, -0.1) is 0 Å². The van der Waals surface area contributed by atoms with Crippen LogP contribution in [0.3, 0.4) is 0 Å². The molecule has 2 aromatic rings. The van der Waals surface area contributed by atoms with Crippen molar-refractivity contribution in [2.45, 2.75) is 39.5 Å². The van der Waals surface area contributed by atoms with Gasteiger partial charge in [0.1, 0.15) is 17.3 Å². The van der Waals surface area contributed by atoms with Gasteiger partial charge >= 0.3 is 0 Å². The predicted molar refractivity (Wildman–Crippen MR) is 77.2 cm³/mol. The lowest BCUT2D eigenvalue weighted by Crippen LogP contribution is -2.18. The molecule has 0 fully saturated rings. The number of nitrogens with zero attached hydrogens (tertiary/aromatic N) is 2. The molecule has 0 aliphatic heterocycles. The van der Waals surface area contributed by atoms with Crippen LogP contribution in [-0.2, 0) is 5.41 Å². The Bertz CT molecular complexity index is 527. The lowest BCUT2D eigenvalue weighted by atomic mass is 9.95. The van der Waals surface area contributed by atoms with Crippen LogP contribution in [0.5, 0.6) is 0 Å². The zero-order chi connectivity index (χ0) is 13.9. The molecule has 1 N–H and O–H groups in total. The number of rotatable bonds is 4. The molecule has 4 nitrogen and oxygen atoms in total. The van der Waals surface area contributed by atoms with Crippen molar-refractivity contribution >= 4 is 5.82 Å². The molecule has 0 saturated heterocycles. The van der Waals surface area contributed by atoms with Crippen molar-refractivity contribution in [3.05, 3.63) is 30.3 Å². The van der Waals surface area contributed by atoms with E-state index in [1.807, 2.05) is 18.2 Å². The van der Waals surface area contributed by atoms with Gasteiger partial charge in [0.2, 0.25) is 0 Å². The van der Waals surface area contributed by atoms with E-state index in [1.165, 1.54) is 0 Å². The van der Waals surface area contributed by atoms with Gasteiger partial charge in [-0.05, 0) is 18.6 Å². The van der Waals surface area contributed by atoms with Gasteiger partial charge in [0.25, 0.3) is 0 Å². The summed E-state index contributed by atoms with van der Waals surface area (Å²) in [6.07, 6.45) is 2.72. The highest BCUT2D eigenvalue weighted by Gasteiger charge is 2.20. The first kappa shape index (κ1) is 13.6. The molecule has 0 radical (unpaired) electrons. The first-order valence-electron chi connectivity index (χ1n) is 6.68. The van der Waals surface area contributed by atoms with Crippen LogP contribution in [0.25, 0.3) is 11.5 Å². The van der Waals surface area contributed by atoms with E-state index in [9.17, 15) is 0 Å². The van der Waals surface area contributed by atoms with Crippen LogP contribution in [0.15, 0.2) is 28.9 Å². The zero-order valence-corrected chi connectivity index (χ0v) is 12.0. The molecule has 0 atom stereocenters. The highest BCUT2D eigenvalue weighted by atomic mass is 16.3. The number of furan rings is 1. The van der Waals surface area contributed by atoms with Crippen LogP contribution < -0.4 is 5.32 Å². The smallest absolute Gasteiger partial charge is 0.152 e. The van der Waals surface area contributed by atoms with Gasteiger partial charge in [-0.2, -0.15) is 0 Å². The van der Waals surface area contributed by atoms with E-state index in [-0.39, 0.29) is 5.41 Å². The monoisotopic (exact) mass is 259 g/mol. The van der Waals surface area contributed by atoms with Crippen molar-refractivity contribution in [2.75, 3.05) is 11.9 Å². The van der Waals surface area contributed by atoms with Crippen molar-refractivity contribution in [3.8, 4) is 11.5 Å². The van der Waals surface area contributed by atoms with E-state index in [1.54, 1.807) is 6.26 Å². The van der Waals surface area contributed by atoms with Gasteiger partial charge in [0.05, 0.1) is 6.26 Å². The fourth-order valence-electron chi connectivity index (χ4n) is 1.68. The van der Waals surface area contributed by atoms with E-state index in [0.717, 1.165) is 36.1 Å². The van der Waals surface area contributed by atoms with Crippen LogP contribution >= 0.6 is 0 Å². The third-order valence-corrected chi connectivity index (χ3v) is 2.73. The molecule has 0 amide bonds. The second kappa shape index (κ2) is 5.43. The zero-order valence-electron chi connectivity index (χ0n) is 12.0. The standard InChI is InChI=1S/C15H21N3O/c1-5-8-16-13-10-11(12-7-6-9-19-12)17-14(18-13)15(2,3)4/h6-7,9-10H,5,8H2,1-4H3,(H,16,17,18). The number of anilines is 1. The lowest BCUT2D eigenvalue weighted by molar-refractivity contribution is 0.541. The van der Waals surface area contributed by atoms with E-state index < -0.39 is 0 Å². The Morgan fingerprint density at radius 3 is 2.63 bits per heavy atom. The maximum absolute atomic E-state index is 5.43. The number of aromatic nitrogens is 2. The molecular formula is C15H21N3O. The largest absolute Gasteiger partial charge is 0.463 e. The lowest BCUT2D eigenvalue weighted by Gasteiger charge is -2.18. The van der Waals surface area contributed by atoms with Gasteiger partial charge in [-0.1, -0.05) is 27.7 Å². The molecule has 19 heavy (non-hydrogen) atoms. The van der Waals surface area contributed by atoms with E-state index >= 15 is 0 Å². The molecule has 4 heteroatoms. The van der Waals surface area contributed by atoms with Crippen LogP contribution in [-0.4, -0.2) is 16.5 Å². The highest BCUT2D eigenvalue weighted by molar-refractivity contribution is 5.57. The number of hydrogen-bond acceptors (Lipinski definition) is 4. The summed E-state index contributed by atoms with van der Waals surface area (Å²) < 4.78 is 5.43. The number of hydrogen-bond donors (Lipinski definition) is 1. The van der Waals surface area contributed by atoms with E-state index in [0.29, 0.717) is 0 Å². The second-order valence-corrected chi connectivity index (χ2v) is 5.62. The molecule has 102 valence electrons. The third kappa shape index (κ3) is 3.34. The molecule has 0 unspecified atom stereocenters. The minimum Gasteiger partial charge on any atom is -0.463 e. The minimum absolute atomic E-state index is 0.0920. The molecule has 0 aromatic carbocycles. The van der Waals surface area contributed by atoms with Crippen LogP contribution in [0.2, 0.25) is 0 Å². The summed E-state index contributed by atoms with van der Waals surface area (Å²) in [6.45, 7) is 9.36. The molecular weight excluding hydrogens is 238 g/mol. The molecule has 2 aromatic heterocycles. The van der Waals surface area contributed by atoms with E-state index in [2.05, 4.69) is 43.0 Å². The van der Waals surface area contributed by atoms with Crippen LogP contribution in [0, 0.1) is 0 Å². The molecule has 0 bridgehead atoms. The topological polar surface area (TPSA) is 51.0 Å². The second-order valence-electron chi connectivity index (χ2n) is 5.62. The van der Waals surface area contributed by atoms with Crippen molar-refractivity contribution in [1.29, 1.82) is 0 Å². The van der Waals surface area contributed by atoms with Crippen molar-refractivity contribution in [3.63, 3.8) is 0 Å². The van der Waals surface area contributed by atoms with Gasteiger partial charge in [0.15, 0.2) is 5.76 Å². The van der Waals surface area contributed by atoms with Crippen LogP contribution in [0.4, 0.5) is 5.82 Å². The Labute approximate surface area is 114 Å². The maximum atomic E-state index is 5.43. The normalized spacial score (nSPS) is 11.6. The quantitative estimate of drug-likeness (QED) is 0.906. The molecule has 2 heterocycles. The highest BCUT2D eigenvalue weighted by Crippen LogP contribution is 2.25. The summed E-state index contributed by atoms with van der Waals surface area (Å²) in [5.41, 5.74) is 0.731. The Morgan fingerprint density at radius 1 is 1.26 bits per heavy atom. The summed E-state index contributed by atoms with van der Waals surface area (Å²) >= 11 is 0. The molecule has 0 spiro atoms. The summed E-state index contributed by atoms with van der Waals surface area (Å²) in [6, 6.07) is 5.72. The summed E-state index contributed by atoms with van der Waals surface area (Å²) in [7, 11) is 0. The van der Waals surface area contributed by atoms with Gasteiger partial charge in [0, 0.05) is 18.0 Å². The number of nitrogens with one attached hydrogen (secondary N) is 1. The summed E-state index contributed by atoms with van der Waals surface area (Å²) in [5, 5.41) is 3.32. The molecule has 0 aliphatic rings. The van der Waals surface area contributed by atoms with Gasteiger partial charge in [-0.3, -0.25) is 0 Å². The average molecular weight is 259 g/mol. The Kier molecular flexibility index (Phi) is 3.88. The predicted octanol–water partition coefficient (Wildman–Crippen LogP) is 3.86. The Balaban J connectivity index is 2.43. The average Bonchev–Trinajstić information content (AvgIpc) is 2.89. The van der Waals surface area contributed by atoms with Gasteiger partial charge < -0.3 is 9.73 Å². The maximum Gasteiger partial charge on any atom is 0.152 e. The first-order valence-corrected chi connectivity index (χ1v) is 6.68. The van der Waals surface area contributed by atoms with Gasteiger partial charge in [-0.25, -0.2) is 9.97 Å². The Morgan fingerprint density at radius 2 is 2.05 bits per heavy atom. The minimum atomic E-state index is -0.0920. The first-order chi connectivity index (χ1) is 9.00.